The lowest BCUT2D eigenvalue weighted by molar-refractivity contribution is -0.145. The van der Waals surface area contributed by atoms with E-state index in [9.17, 15) is 9.90 Å². The van der Waals surface area contributed by atoms with E-state index in [2.05, 4.69) is 4.98 Å². The minimum Gasteiger partial charge on any atom is -0.489 e. The van der Waals surface area contributed by atoms with Gasteiger partial charge in [0.1, 0.15) is 12.4 Å². The van der Waals surface area contributed by atoms with E-state index < -0.39 is 11.6 Å². The van der Waals surface area contributed by atoms with Crippen molar-refractivity contribution >= 4 is 5.97 Å². The molecule has 0 amide bonds. The van der Waals surface area contributed by atoms with Gasteiger partial charge in [-0.3, -0.25) is 9.78 Å². The molecule has 5 heteroatoms. The molecule has 0 radical (unpaired) electrons. The van der Waals surface area contributed by atoms with Crippen LogP contribution in [0.5, 0.6) is 5.75 Å². The van der Waals surface area contributed by atoms with Crippen molar-refractivity contribution in [1.29, 1.82) is 0 Å². The van der Waals surface area contributed by atoms with Crippen molar-refractivity contribution in [2.75, 3.05) is 6.61 Å². The monoisotopic (exact) mass is 293 g/mol. The third kappa shape index (κ3) is 3.94. The van der Waals surface area contributed by atoms with E-state index in [1.165, 1.54) is 0 Å². The topological polar surface area (TPSA) is 79.7 Å². The maximum absolute atomic E-state index is 10.9. The summed E-state index contributed by atoms with van der Waals surface area (Å²) in [6, 6.07) is 3.77. The molecule has 0 spiro atoms. The van der Waals surface area contributed by atoms with Gasteiger partial charge in [-0.2, -0.15) is 0 Å². The van der Waals surface area contributed by atoms with Crippen molar-refractivity contribution < 1.29 is 19.7 Å². The molecule has 1 aromatic rings. The summed E-state index contributed by atoms with van der Waals surface area (Å²) in [6.07, 6.45) is 2.70. The summed E-state index contributed by atoms with van der Waals surface area (Å²) < 4.78 is 5.76. The summed E-state index contributed by atoms with van der Waals surface area (Å²) in [5.41, 5.74) is 0.902. The molecular weight excluding hydrogens is 270 g/mol. The van der Waals surface area contributed by atoms with Crippen LogP contribution in [0.3, 0.4) is 0 Å². The normalized spacial score (nSPS) is 25.6. The summed E-state index contributed by atoms with van der Waals surface area (Å²) in [6.45, 7) is 4.14. The molecule has 0 aromatic carbocycles. The molecule has 1 fully saturated rings. The van der Waals surface area contributed by atoms with E-state index in [1.54, 1.807) is 0 Å². The third-order valence-corrected chi connectivity index (χ3v) is 4.17. The Morgan fingerprint density at radius 3 is 2.67 bits per heavy atom. The molecule has 0 bridgehead atoms. The molecule has 0 saturated heterocycles. The Morgan fingerprint density at radius 2 is 2.10 bits per heavy atom. The van der Waals surface area contributed by atoms with Gasteiger partial charge in [0.2, 0.25) is 0 Å². The van der Waals surface area contributed by atoms with Crippen molar-refractivity contribution in [3.8, 4) is 5.75 Å². The fourth-order valence-corrected chi connectivity index (χ4v) is 2.74. The van der Waals surface area contributed by atoms with Gasteiger partial charge < -0.3 is 14.9 Å². The second kappa shape index (κ2) is 6.43. The van der Waals surface area contributed by atoms with Crippen molar-refractivity contribution in [2.45, 2.75) is 51.6 Å². The molecule has 2 rings (SSSR count). The molecule has 0 atom stereocenters. The summed E-state index contributed by atoms with van der Waals surface area (Å²) in [7, 11) is 0. The van der Waals surface area contributed by atoms with Gasteiger partial charge in [-0.15, -0.1) is 0 Å². The number of hydrogen-bond acceptors (Lipinski definition) is 4. The van der Waals surface area contributed by atoms with Gasteiger partial charge in [0.25, 0.3) is 0 Å². The van der Waals surface area contributed by atoms with E-state index >= 15 is 0 Å². The molecule has 0 unspecified atom stereocenters. The number of ether oxygens (including phenoxy) is 1. The van der Waals surface area contributed by atoms with Gasteiger partial charge in [-0.25, -0.2) is 0 Å². The Labute approximate surface area is 125 Å². The Bertz CT molecular complexity index is 507. The molecular formula is C16H23NO4. The van der Waals surface area contributed by atoms with Crippen LogP contribution in [0.4, 0.5) is 0 Å². The Morgan fingerprint density at radius 1 is 1.43 bits per heavy atom. The van der Waals surface area contributed by atoms with E-state index in [0.29, 0.717) is 31.4 Å². The van der Waals surface area contributed by atoms with Gasteiger partial charge in [-0.1, -0.05) is 6.92 Å². The zero-order valence-corrected chi connectivity index (χ0v) is 12.6. The maximum Gasteiger partial charge on any atom is 0.306 e. The van der Waals surface area contributed by atoms with Gasteiger partial charge in [0.15, 0.2) is 0 Å². The standard InChI is InChI=1S/C16H23NO4/c1-3-13-14(5-4-11(2)17-13)21-10-16(20)8-6-12(7-9-16)15(18)19/h4-5,12,20H,3,6-10H2,1-2H3,(H,18,19). The lowest BCUT2D eigenvalue weighted by Gasteiger charge is -2.34. The van der Waals surface area contributed by atoms with Crippen LogP contribution in [0.25, 0.3) is 0 Å². The van der Waals surface area contributed by atoms with Gasteiger partial charge in [0, 0.05) is 5.69 Å². The van der Waals surface area contributed by atoms with Crippen molar-refractivity contribution in [3.05, 3.63) is 23.5 Å². The smallest absolute Gasteiger partial charge is 0.306 e. The second-order valence-corrected chi connectivity index (χ2v) is 5.88. The number of rotatable bonds is 5. The van der Waals surface area contributed by atoms with Crippen LogP contribution in [-0.2, 0) is 11.2 Å². The van der Waals surface area contributed by atoms with Crippen LogP contribution in [0, 0.1) is 12.8 Å². The highest BCUT2D eigenvalue weighted by atomic mass is 16.5. The van der Waals surface area contributed by atoms with Gasteiger partial charge in [-0.05, 0) is 51.2 Å². The van der Waals surface area contributed by atoms with E-state index in [4.69, 9.17) is 9.84 Å². The summed E-state index contributed by atoms with van der Waals surface area (Å²) in [5, 5.41) is 19.5. The number of carbonyl (C=O) groups is 1. The Kier molecular flexibility index (Phi) is 4.83. The van der Waals surface area contributed by atoms with Crippen molar-refractivity contribution in [2.24, 2.45) is 5.92 Å². The summed E-state index contributed by atoms with van der Waals surface area (Å²) in [4.78, 5) is 15.4. The number of hydrogen-bond donors (Lipinski definition) is 2. The first-order valence-corrected chi connectivity index (χ1v) is 7.48. The van der Waals surface area contributed by atoms with Gasteiger partial charge in [0.05, 0.1) is 17.2 Å². The van der Waals surface area contributed by atoms with Gasteiger partial charge >= 0.3 is 5.97 Å². The summed E-state index contributed by atoms with van der Waals surface area (Å²) in [5.74, 6) is -0.400. The number of aliphatic hydroxyl groups is 1. The number of carboxylic acids is 1. The number of carboxylic acid groups (broad SMARTS) is 1. The first kappa shape index (κ1) is 15.8. The molecule has 0 aliphatic heterocycles. The fourth-order valence-electron chi connectivity index (χ4n) is 2.74. The molecule has 1 heterocycles. The second-order valence-electron chi connectivity index (χ2n) is 5.88. The SMILES string of the molecule is CCc1nc(C)ccc1OCC1(O)CCC(C(=O)O)CC1. The molecule has 5 nitrogen and oxygen atoms in total. The average Bonchev–Trinajstić information content (AvgIpc) is 2.46. The average molecular weight is 293 g/mol. The minimum absolute atomic E-state index is 0.192. The third-order valence-electron chi connectivity index (χ3n) is 4.17. The molecule has 1 saturated carbocycles. The van der Waals surface area contributed by atoms with Crippen LogP contribution in [0.2, 0.25) is 0 Å². The Balaban J connectivity index is 1.95. The zero-order valence-electron chi connectivity index (χ0n) is 12.6. The number of aryl methyl sites for hydroxylation is 2. The van der Waals surface area contributed by atoms with Crippen LogP contribution in [-0.4, -0.2) is 33.4 Å². The fraction of sp³-hybridized carbons (Fsp3) is 0.625. The highest BCUT2D eigenvalue weighted by Crippen LogP contribution is 2.33. The minimum atomic E-state index is -0.929. The molecule has 1 aromatic heterocycles. The first-order valence-electron chi connectivity index (χ1n) is 7.48. The molecule has 21 heavy (non-hydrogen) atoms. The van der Waals surface area contributed by atoms with E-state index in [1.807, 2.05) is 26.0 Å². The molecule has 116 valence electrons. The van der Waals surface area contributed by atoms with Crippen LogP contribution in [0.1, 0.15) is 44.0 Å². The number of aromatic nitrogens is 1. The predicted octanol–water partition coefficient (Wildman–Crippen LogP) is 2.34. The summed E-state index contributed by atoms with van der Waals surface area (Å²) >= 11 is 0. The predicted molar refractivity (Wildman–Crippen MR) is 78.4 cm³/mol. The maximum atomic E-state index is 10.9. The lowest BCUT2D eigenvalue weighted by atomic mass is 9.79. The number of nitrogens with zero attached hydrogens (tertiary/aromatic N) is 1. The molecule has 1 aliphatic carbocycles. The quantitative estimate of drug-likeness (QED) is 0.871. The van der Waals surface area contributed by atoms with E-state index in [0.717, 1.165) is 17.8 Å². The lowest BCUT2D eigenvalue weighted by Crippen LogP contribution is -2.41. The molecule has 1 aliphatic rings. The zero-order chi connectivity index (χ0) is 15.5. The van der Waals surface area contributed by atoms with Crippen molar-refractivity contribution in [3.63, 3.8) is 0 Å². The van der Waals surface area contributed by atoms with Crippen LogP contribution < -0.4 is 4.74 Å². The highest BCUT2D eigenvalue weighted by Gasteiger charge is 2.36. The van der Waals surface area contributed by atoms with Crippen molar-refractivity contribution in [1.82, 2.24) is 4.98 Å². The Hall–Kier alpha value is -1.62. The largest absolute Gasteiger partial charge is 0.489 e. The van der Waals surface area contributed by atoms with Crippen LogP contribution in [0.15, 0.2) is 12.1 Å². The van der Waals surface area contributed by atoms with E-state index in [-0.39, 0.29) is 12.5 Å². The highest BCUT2D eigenvalue weighted by molar-refractivity contribution is 5.70. The molecule has 2 N–H and O–H groups in total. The number of pyridine rings is 1. The first-order chi connectivity index (χ1) is 9.93. The van der Waals surface area contributed by atoms with Crippen LogP contribution >= 0.6 is 0 Å². The number of aliphatic carboxylic acids is 1.